The van der Waals surface area contributed by atoms with Crippen molar-refractivity contribution < 1.29 is 0 Å². The van der Waals surface area contributed by atoms with Crippen LogP contribution in [0.1, 0.15) is 32.8 Å². The standard InChI is InChI=1S/C10H15ClN2/c1-8(11)4-10(2,3)9-5-12-7-13-6-9/h5-8H,4H2,1-3H3. The Bertz CT molecular complexity index is 257. The van der Waals surface area contributed by atoms with Gasteiger partial charge in [-0.3, -0.25) is 0 Å². The quantitative estimate of drug-likeness (QED) is 0.699. The predicted molar refractivity (Wildman–Crippen MR) is 55.0 cm³/mol. The Morgan fingerprint density at radius 3 is 2.38 bits per heavy atom. The van der Waals surface area contributed by atoms with Crippen molar-refractivity contribution >= 4 is 11.6 Å². The molecule has 0 aliphatic rings. The molecule has 0 saturated heterocycles. The van der Waals surface area contributed by atoms with Crippen molar-refractivity contribution in [3.63, 3.8) is 0 Å². The van der Waals surface area contributed by atoms with Gasteiger partial charge >= 0.3 is 0 Å². The summed E-state index contributed by atoms with van der Waals surface area (Å²) >= 11 is 5.97. The number of nitrogens with zero attached hydrogens (tertiary/aromatic N) is 2. The summed E-state index contributed by atoms with van der Waals surface area (Å²) in [5.74, 6) is 0. The Kier molecular flexibility index (Phi) is 3.26. The summed E-state index contributed by atoms with van der Waals surface area (Å²) in [5.41, 5.74) is 1.20. The van der Waals surface area contributed by atoms with Gasteiger partial charge in [0, 0.05) is 17.8 Å². The smallest absolute Gasteiger partial charge is 0.115 e. The Morgan fingerprint density at radius 1 is 1.38 bits per heavy atom. The molecule has 0 saturated carbocycles. The van der Waals surface area contributed by atoms with Gasteiger partial charge in [-0.15, -0.1) is 11.6 Å². The van der Waals surface area contributed by atoms with E-state index in [9.17, 15) is 0 Å². The minimum absolute atomic E-state index is 0.0580. The molecule has 1 unspecified atom stereocenters. The Labute approximate surface area is 84.4 Å². The summed E-state index contributed by atoms with van der Waals surface area (Å²) in [6, 6.07) is 0. The highest BCUT2D eigenvalue weighted by atomic mass is 35.5. The molecule has 0 aliphatic carbocycles. The number of alkyl halides is 1. The van der Waals surface area contributed by atoms with Gasteiger partial charge in [-0.2, -0.15) is 0 Å². The van der Waals surface area contributed by atoms with E-state index in [0.29, 0.717) is 0 Å². The van der Waals surface area contributed by atoms with Crippen LogP contribution in [0.5, 0.6) is 0 Å². The zero-order chi connectivity index (χ0) is 9.90. The maximum atomic E-state index is 5.97. The molecule has 1 rings (SSSR count). The summed E-state index contributed by atoms with van der Waals surface area (Å²) in [5, 5.41) is 0.176. The molecule has 0 aliphatic heterocycles. The summed E-state index contributed by atoms with van der Waals surface area (Å²) < 4.78 is 0. The van der Waals surface area contributed by atoms with Gasteiger partial charge in [-0.1, -0.05) is 13.8 Å². The fourth-order valence-electron chi connectivity index (χ4n) is 1.47. The van der Waals surface area contributed by atoms with E-state index >= 15 is 0 Å². The van der Waals surface area contributed by atoms with Gasteiger partial charge in [0.25, 0.3) is 0 Å². The fourth-order valence-corrected chi connectivity index (χ4v) is 1.86. The van der Waals surface area contributed by atoms with Gasteiger partial charge in [-0.25, -0.2) is 9.97 Å². The van der Waals surface area contributed by atoms with E-state index in [1.54, 1.807) is 6.33 Å². The summed E-state index contributed by atoms with van der Waals surface area (Å²) in [4.78, 5) is 8.01. The van der Waals surface area contributed by atoms with Crippen LogP contribution in [-0.2, 0) is 5.41 Å². The molecule has 2 nitrogen and oxygen atoms in total. The lowest BCUT2D eigenvalue weighted by molar-refractivity contribution is 0.473. The normalized spacial score (nSPS) is 14.2. The molecule has 0 radical (unpaired) electrons. The molecule has 1 aromatic heterocycles. The highest BCUT2D eigenvalue weighted by molar-refractivity contribution is 6.20. The second kappa shape index (κ2) is 4.05. The molecule has 1 heterocycles. The van der Waals surface area contributed by atoms with Crippen molar-refractivity contribution in [3.8, 4) is 0 Å². The van der Waals surface area contributed by atoms with Gasteiger partial charge in [0.15, 0.2) is 0 Å². The first-order valence-electron chi connectivity index (χ1n) is 4.42. The van der Waals surface area contributed by atoms with Gasteiger partial charge in [-0.05, 0) is 24.3 Å². The molecule has 0 amide bonds. The maximum Gasteiger partial charge on any atom is 0.115 e. The van der Waals surface area contributed by atoms with Crippen LogP contribution in [0.2, 0.25) is 0 Å². The third-order valence-electron chi connectivity index (χ3n) is 2.13. The van der Waals surface area contributed by atoms with Crippen LogP contribution >= 0.6 is 11.6 Å². The molecule has 3 heteroatoms. The van der Waals surface area contributed by atoms with Crippen LogP contribution in [0.4, 0.5) is 0 Å². The van der Waals surface area contributed by atoms with Gasteiger partial charge in [0.2, 0.25) is 0 Å². The van der Waals surface area contributed by atoms with Gasteiger partial charge < -0.3 is 0 Å². The van der Waals surface area contributed by atoms with E-state index < -0.39 is 0 Å². The van der Waals surface area contributed by atoms with Crippen LogP contribution in [-0.4, -0.2) is 15.3 Å². The molecule has 0 N–H and O–H groups in total. The van der Waals surface area contributed by atoms with Crippen LogP contribution in [0, 0.1) is 0 Å². The van der Waals surface area contributed by atoms with E-state index in [2.05, 4.69) is 23.8 Å². The molecular weight excluding hydrogens is 184 g/mol. The second-order valence-corrected chi connectivity index (χ2v) is 4.74. The van der Waals surface area contributed by atoms with E-state index in [1.165, 1.54) is 0 Å². The highest BCUT2D eigenvalue weighted by Crippen LogP contribution is 2.28. The first-order valence-corrected chi connectivity index (χ1v) is 4.85. The Balaban J connectivity index is 2.81. The van der Waals surface area contributed by atoms with Crippen molar-refractivity contribution in [2.75, 3.05) is 0 Å². The Hall–Kier alpha value is -0.630. The molecular formula is C10H15ClN2. The molecule has 72 valence electrons. The van der Waals surface area contributed by atoms with Gasteiger partial charge in [0.1, 0.15) is 6.33 Å². The topological polar surface area (TPSA) is 25.8 Å². The third-order valence-corrected chi connectivity index (χ3v) is 2.29. The van der Waals surface area contributed by atoms with Crippen LogP contribution in [0.3, 0.4) is 0 Å². The maximum absolute atomic E-state index is 5.97. The van der Waals surface area contributed by atoms with Crippen LogP contribution in [0.15, 0.2) is 18.7 Å². The van der Waals surface area contributed by atoms with Crippen LogP contribution in [0.25, 0.3) is 0 Å². The number of hydrogen-bond donors (Lipinski definition) is 0. The molecule has 0 aromatic carbocycles. The first-order chi connectivity index (χ1) is 6.02. The lowest BCUT2D eigenvalue weighted by Gasteiger charge is -2.25. The zero-order valence-electron chi connectivity index (χ0n) is 8.29. The van der Waals surface area contributed by atoms with Crippen molar-refractivity contribution in [1.29, 1.82) is 0 Å². The molecule has 13 heavy (non-hydrogen) atoms. The molecule has 1 atom stereocenters. The van der Waals surface area contributed by atoms with E-state index in [4.69, 9.17) is 11.6 Å². The molecule has 0 fully saturated rings. The SMILES string of the molecule is CC(Cl)CC(C)(C)c1cncnc1. The monoisotopic (exact) mass is 198 g/mol. The highest BCUT2D eigenvalue weighted by Gasteiger charge is 2.22. The number of halogens is 1. The first kappa shape index (κ1) is 10.5. The van der Waals surface area contributed by atoms with E-state index in [0.717, 1.165) is 12.0 Å². The fraction of sp³-hybridized carbons (Fsp3) is 0.600. The molecule has 1 aromatic rings. The summed E-state index contributed by atoms with van der Waals surface area (Å²) in [6.07, 6.45) is 6.18. The second-order valence-electron chi connectivity index (χ2n) is 4.00. The lowest BCUT2D eigenvalue weighted by Crippen LogP contribution is -2.21. The minimum atomic E-state index is 0.0580. The third kappa shape index (κ3) is 2.96. The van der Waals surface area contributed by atoms with E-state index in [1.807, 2.05) is 19.3 Å². The number of hydrogen-bond acceptors (Lipinski definition) is 2. The summed E-state index contributed by atoms with van der Waals surface area (Å²) in [6.45, 7) is 6.32. The molecule has 0 bridgehead atoms. The minimum Gasteiger partial charge on any atom is -0.245 e. The molecule has 0 spiro atoms. The Morgan fingerprint density at radius 2 is 1.92 bits per heavy atom. The van der Waals surface area contributed by atoms with Crippen LogP contribution < -0.4 is 0 Å². The number of rotatable bonds is 3. The van der Waals surface area contributed by atoms with Crippen molar-refractivity contribution in [3.05, 3.63) is 24.3 Å². The largest absolute Gasteiger partial charge is 0.245 e. The van der Waals surface area contributed by atoms with Gasteiger partial charge in [0.05, 0.1) is 0 Å². The van der Waals surface area contributed by atoms with Crippen molar-refractivity contribution in [1.82, 2.24) is 9.97 Å². The van der Waals surface area contributed by atoms with Crippen molar-refractivity contribution in [2.24, 2.45) is 0 Å². The summed E-state index contributed by atoms with van der Waals surface area (Å²) in [7, 11) is 0. The van der Waals surface area contributed by atoms with E-state index in [-0.39, 0.29) is 10.8 Å². The zero-order valence-corrected chi connectivity index (χ0v) is 9.04. The predicted octanol–water partition coefficient (Wildman–Crippen LogP) is 2.77. The average molecular weight is 199 g/mol. The average Bonchev–Trinajstić information content (AvgIpc) is 2.04. The lowest BCUT2D eigenvalue weighted by atomic mass is 9.82. The van der Waals surface area contributed by atoms with Crippen molar-refractivity contribution in [2.45, 2.75) is 38.0 Å². The number of aromatic nitrogens is 2.